The minimum Gasteiger partial charge on any atom is -0.455 e. The second-order valence-electron chi connectivity index (χ2n) is 11.7. The fourth-order valence-corrected chi connectivity index (χ4v) is 8.25. The maximum atomic E-state index is 6.76. The molecular formula is C42H25NOS. The lowest BCUT2D eigenvalue weighted by Crippen LogP contribution is -1.92. The van der Waals surface area contributed by atoms with Crippen LogP contribution < -0.4 is 0 Å². The Labute approximate surface area is 263 Å². The number of rotatable bonds is 3. The number of fused-ring (bicyclic) bond motifs is 10. The van der Waals surface area contributed by atoms with Crippen molar-refractivity contribution in [1.29, 1.82) is 0 Å². The maximum Gasteiger partial charge on any atom is 0.144 e. The van der Waals surface area contributed by atoms with Crippen molar-refractivity contribution in [2.75, 3.05) is 0 Å². The number of para-hydroxylation sites is 3. The predicted molar refractivity (Wildman–Crippen MR) is 192 cm³/mol. The Balaban J connectivity index is 1.10. The molecule has 0 bridgehead atoms. The number of benzene rings is 7. The number of thiophene rings is 1. The average molecular weight is 592 g/mol. The normalized spacial score (nSPS) is 12.0. The van der Waals surface area contributed by atoms with Crippen molar-refractivity contribution in [2.24, 2.45) is 0 Å². The van der Waals surface area contributed by atoms with E-state index in [1.165, 1.54) is 64.2 Å². The summed E-state index contributed by atoms with van der Waals surface area (Å²) < 4.78 is 11.7. The Bertz CT molecular complexity index is 2740. The molecule has 3 heterocycles. The molecule has 0 fully saturated rings. The van der Waals surface area contributed by atoms with E-state index >= 15 is 0 Å². The molecule has 10 aromatic rings. The number of furan rings is 1. The number of hydrogen-bond donors (Lipinski definition) is 0. The van der Waals surface area contributed by atoms with Crippen LogP contribution in [-0.4, -0.2) is 4.57 Å². The van der Waals surface area contributed by atoms with Crippen LogP contribution in [-0.2, 0) is 0 Å². The topological polar surface area (TPSA) is 18.1 Å². The SMILES string of the molecule is c1ccc(-n2c3ccccc3c3cc(-c4ccc(-c5cccc6c5oc5c6ccc6sc7ccccc7c65)cc4)ccc32)cc1. The van der Waals surface area contributed by atoms with E-state index < -0.39 is 0 Å². The van der Waals surface area contributed by atoms with Gasteiger partial charge in [0.05, 0.1) is 11.0 Å². The van der Waals surface area contributed by atoms with Gasteiger partial charge < -0.3 is 8.98 Å². The van der Waals surface area contributed by atoms with Crippen LogP contribution in [0.3, 0.4) is 0 Å². The highest BCUT2D eigenvalue weighted by Crippen LogP contribution is 2.44. The summed E-state index contributed by atoms with van der Waals surface area (Å²) in [6.07, 6.45) is 0. The zero-order valence-electron chi connectivity index (χ0n) is 24.2. The largest absolute Gasteiger partial charge is 0.455 e. The van der Waals surface area contributed by atoms with Gasteiger partial charge in [0.15, 0.2) is 0 Å². The van der Waals surface area contributed by atoms with Gasteiger partial charge >= 0.3 is 0 Å². The molecule has 0 unspecified atom stereocenters. The number of aromatic nitrogens is 1. The molecule has 0 amide bonds. The third-order valence-electron chi connectivity index (χ3n) is 9.22. The lowest BCUT2D eigenvalue weighted by atomic mass is 9.98. The van der Waals surface area contributed by atoms with E-state index in [1.807, 2.05) is 11.3 Å². The Hall–Kier alpha value is -5.64. The van der Waals surface area contributed by atoms with Gasteiger partial charge in [-0.2, -0.15) is 0 Å². The molecule has 0 radical (unpaired) electrons. The summed E-state index contributed by atoms with van der Waals surface area (Å²) in [6.45, 7) is 0. The van der Waals surface area contributed by atoms with Gasteiger partial charge in [0.25, 0.3) is 0 Å². The summed E-state index contributed by atoms with van der Waals surface area (Å²) in [6, 6.07) is 54.6. The first-order chi connectivity index (χ1) is 22.3. The summed E-state index contributed by atoms with van der Waals surface area (Å²) in [5.41, 5.74) is 10.2. The summed E-state index contributed by atoms with van der Waals surface area (Å²) in [7, 11) is 0. The maximum absolute atomic E-state index is 6.76. The van der Waals surface area contributed by atoms with E-state index in [0.29, 0.717) is 0 Å². The van der Waals surface area contributed by atoms with Gasteiger partial charge in [-0.3, -0.25) is 0 Å². The molecule has 0 N–H and O–H groups in total. The standard InChI is InChI=1S/C42H25NOS/c1-2-9-29(10-3-1)43-36-15-6-4-11-31(36)35-25-28(21-23-37(35)43)26-17-19-27(20-18-26)30-13-8-14-32-33-22-24-39-40(42(33)44-41(30)32)34-12-5-7-16-38(34)45-39/h1-25H. The summed E-state index contributed by atoms with van der Waals surface area (Å²) in [5, 5.41) is 7.33. The van der Waals surface area contributed by atoms with Crippen LogP contribution in [0.1, 0.15) is 0 Å². The first-order valence-corrected chi connectivity index (χ1v) is 16.1. The summed E-state index contributed by atoms with van der Waals surface area (Å²) in [5.74, 6) is 0. The monoisotopic (exact) mass is 591 g/mol. The van der Waals surface area contributed by atoms with Crippen molar-refractivity contribution in [1.82, 2.24) is 4.57 Å². The third-order valence-corrected chi connectivity index (χ3v) is 10.4. The molecule has 0 saturated carbocycles. The number of nitrogens with zero attached hydrogens (tertiary/aromatic N) is 1. The molecule has 0 saturated heterocycles. The molecule has 3 heteroatoms. The van der Waals surface area contributed by atoms with E-state index in [9.17, 15) is 0 Å². The molecule has 45 heavy (non-hydrogen) atoms. The highest BCUT2D eigenvalue weighted by atomic mass is 32.1. The lowest BCUT2D eigenvalue weighted by molar-refractivity contribution is 0.674. The molecule has 0 aliphatic heterocycles. The Morgan fingerprint density at radius 2 is 1.11 bits per heavy atom. The first kappa shape index (κ1) is 24.8. The zero-order chi connectivity index (χ0) is 29.5. The van der Waals surface area contributed by atoms with Gasteiger partial charge in [-0.1, -0.05) is 103 Å². The molecule has 0 aliphatic carbocycles. The first-order valence-electron chi connectivity index (χ1n) is 15.3. The van der Waals surface area contributed by atoms with Crippen molar-refractivity contribution in [3.63, 3.8) is 0 Å². The molecule has 0 atom stereocenters. The Morgan fingerprint density at radius 3 is 2.00 bits per heavy atom. The molecule has 7 aromatic carbocycles. The average Bonchev–Trinajstić information content (AvgIpc) is 3.78. The van der Waals surface area contributed by atoms with Gasteiger partial charge in [0.1, 0.15) is 11.2 Å². The molecule has 0 aliphatic rings. The zero-order valence-corrected chi connectivity index (χ0v) is 25.0. The second-order valence-corrected chi connectivity index (χ2v) is 12.8. The Kier molecular flexibility index (Phi) is 5.19. The second kappa shape index (κ2) is 9.43. The van der Waals surface area contributed by atoms with Crippen molar-refractivity contribution in [3.8, 4) is 27.9 Å². The van der Waals surface area contributed by atoms with Gasteiger partial charge in [-0.05, 0) is 65.2 Å². The van der Waals surface area contributed by atoms with E-state index in [1.54, 1.807) is 0 Å². The quantitative estimate of drug-likeness (QED) is 0.200. The summed E-state index contributed by atoms with van der Waals surface area (Å²) in [4.78, 5) is 0. The Morgan fingerprint density at radius 1 is 0.422 bits per heavy atom. The van der Waals surface area contributed by atoms with Crippen LogP contribution in [0, 0.1) is 0 Å². The van der Waals surface area contributed by atoms with Gasteiger partial charge in [-0.25, -0.2) is 0 Å². The van der Waals surface area contributed by atoms with E-state index in [0.717, 1.165) is 27.7 Å². The molecular weight excluding hydrogens is 567 g/mol. The highest BCUT2D eigenvalue weighted by Gasteiger charge is 2.18. The van der Waals surface area contributed by atoms with Crippen LogP contribution >= 0.6 is 11.3 Å². The van der Waals surface area contributed by atoms with Crippen LogP contribution in [0.5, 0.6) is 0 Å². The van der Waals surface area contributed by atoms with Gasteiger partial charge in [0, 0.05) is 53.0 Å². The fourth-order valence-electron chi connectivity index (χ4n) is 7.14. The van der Waals surface area contributed by atoms with Crippen molar-refractivity contribution >= 4 is 75.3 Å². The number of hydrogen-bond acceptors (Lipinski definition) is 2. The summed E-state index contributed by atoms with van der Waals surface area (Å²) >= 11 is 1.83. The molecule has 10 rings (SSSR count). The van der Waals surface area contributed by atoms with Crippen molar-refractivity contribution < 1.29 is 4.42 Å². The fraction of sp³-hybridized carbons (Fsp3) is 0. The van der Waals surface area contributed by atoms with Crippen LogP contribution in [0.15, 0.2) is 156 Å². The smallest absolute Gasteiger partial charge is 0.144 e. The van der Waals surface area contributed by atoms with Crippen molar-refractivity contribution in [3.05, 3.63) is 152 Å². The third kappa shape index (κ3) is 3.62. The van der Waals surface area contributed by atoms with E-state index in [2.05, 4.69) is 156 Å². The minimum absolute atomic E-state index is 0.943. The van der Waals surface area contributed by atoms with Crippen molar-refractivity contribution in [2.45, 2.75) is 0 Å². The van der Waals surface area contributed by atoms with E-state index in [-0.39, 0.29) is 0 Å². The van der Waals surface area contributed by atoms with E-state index in [4.69, 9.17) is 4.42 Å². The highest BCUT2D eigenvalue weighted by molar-refractivity contribution is 7.26. The van der Waals surface area contributed by atoms with Crippen LogP contribution in [0.4, 0.5) is 0 Å². The molecule has 210 valence electrons. The van der Waals surface area contributed by atoms with Gasteiger partial charge in [0.2, 0.25) is 0 Å². The predicted octanol–water partition coefficient (Wildman–Crippen LogP) is 12.4. The molecule has 2 nitrogen and oxygen atoms in total. The minimum atomic E-state index is 0.943. The lowest BCUT2D eigenvalue weighted by Gasteiger charge is -2.09. The molecule has 3 aromatic heterocycles. The van der Waals surface area contributed by atoms with Crippen LogP contribution in [0.2, 0.25) is 0 Å². The van der Waals surface area contributed by atoms with Crippen LogP contribution in [0.25, 0.3) is 91.9 Å². The van der Waals surface area contributed by atoms with Gasteiger partial charge in [-0.15, -0.1) is 11.3 Å². The molecule has 0 spiro atoms.